The molecule has 1 N–H and O–H groups in total. The molecule has 23 heavy (non-hydrogen) atoms. The summed E-state index contributed by atoms with van der Waals surface area (Å²) < 4.78 is 5.54. The molecule has 0 spiro atoms. The van der Waals surface area contributed by atoms with Crippen LogP contribution in [0.3, 0.4) is 0 Å². The normalized spacial score (nSPS) is 19.1. The summed E-state index contributed by atoms with van der Waals surface area (Å²) in [5, 5.41) is 3.64. The van der Waals surface area contributed by atoms with Crippen LogP contribution in [0.4, 0.5) is 10.5 Å². The largest absolute Gasteiger partial charge is 0.444 e. The van der Waals surface area contributed by atoms with Crippen LogP contribution in [0.25, 0.3) is 0 Å². The van der Waals surface area contributed by atoms with Gasteiger partial charge >= 0.3 is 6.09 Å². The molecule has 1 aliphatic heterocycles. The van der Waals surface area contributed by atoms with Crippen LogP contribution in [0, 0.1) is 0 Å². The van der Waals surface area contributed by atoms with E-state index in [-0.39, 0.29) is 12.1 Å². The number of aryl methyl sites for hydroxylation is 1. The van der Waals surface area contributed by atoms with E-state index in [0.717, 1.165) is 32.2 Å². The van der Waals surface area contributed by atoms with Crippen LogP contribution in [0.15, 0.2) is 24.3 Å². The van der Waals surface area contributed by atoms with E-state index in [1.807, 2.05) is 25.7 Å². The number of amides is 1. The van der Waals surface area contributed by atoms with Gasteiger partial charge in [0, 0.05) is 24.8 Å². The Morgan fingerprint density at radius 3 is 2.74 bits per heavy atom. The molecule has 1 aromatic carbocycles. The first kappa shape index (κ1) is 17.6. The van der Waals surface area contributed by atoms with Gasteiger partial charge in [-0.3, -0.25) is 0 Å². The van der Waals surface area contributed by atoms with E-state index in [9.17, 15) is 4.79 Å². The van der Waals surface area contributed by atoms with Gasteiger partial charge in [-0.05, 0) is 58.1 Å². The first-order valence-corrected chi connectivity index (χ1v) is 8.71. The number of nitrogens with one attached hydrogen (secondary N) is 1. The van der Waals surface area contributed by atoms with Crippen LogP contribution in [0.5, 0.6) is 0 Å². The topological polar surface area (TPSA) is 41.6 Å². The van der Waals surface area contributed by atoms with Crippen molar-refractivity contribution < 1.29 is 9.53 Å². The molecular formula is C19H30N2O2. The monoisotopic (exact) mass is 318 g/mol. The Labute approximate surface area is 140 Å². The van der Waals surface area contributed by atoms with Crippen molar-refractivity contribution in [1.82, 2.24) is 4.90 Å². The van der Waals surface area contributed by atoms with E-state index in [2.05, 4.69) is 36.5 Å². The SMILES string of the molecule is CCc1ccccc1N[C@@H]1CCCCN(C(=O)OC(C)(C)C)C1. The Morgan fingerprint density at radius 1 is 1.30 bits per heavy atom. The summed E-state index contributed by atoms with van der Waals surface area (Å²) in [6, 6.07) is 8.69. The highest BCUT2D eigenvalue weighted by molar-refractivity contribution is 5.68. The fourth-order valence-corrected chi connectivity index (χ4v) is 2.94. The molecule has 128 valence electrons. The number of likely N-dealkylation sites (tertiary alicyclic amines) is 1. The van der Waals surface area contributed by atoms with Crippen LogP contribution in [0.1, 0.15) is 52.5 Å². The van der Waals surface area contributed by atoms with Crippen molar-refractivity contribution in [3.63, 3.8) is 0 Å². The van der Waals surface area contributed by atoms with Crippen LogP contribution < -0.4 is 5.32 Å². The lowest BCUT2D eigenvalue weighted by atomic mass is 10.1. The molecular weight excluding hydrogens is 288 g/mol. The Balaban J connectivity index is 2.03. The van der Waals surface area contributed by atoms with Crippen molar-refractivity contribution in [2.24, 2.45) is 0 Å². The van der Waals surface area contributed by atoms with Gasteiger partial charge in [0.05, 0.1) is 0 Å². The lowest BCUT2D eigenvalue weighted by molar-refractivity contribution is 0.0252. The Morgan fingerprint density at radius 2 is 2.04 bits per heavy atom. The molecule has 0 aromatic heterocycles. The van der Waals surface area contributed by atoms with Crippen LogP contribution in [0.2, 0.25) is 0 Å². The quantitative estimate of drug-likeness (QED) is 0.895. The first-order valence-electron chi connectivity index (χ1n) is 8.71. The number of nitrogens with zero attached hydrogens (tertiary/aromatic N) is 1. The van der Waals surface area contributed by atoms with Crippen molar-refractivity contribution in [3.05, 3.63) is 29.8 Å². The van der Waals surface area contributed by atoms with E-state index >= 15 is 0 Å². The number of rotatable bonds is 3. The van der Waals surface area contributed by atoms with Crippen molar-refractivity contribution in [1.29, 1.82) is 0 Å². The average Bonchev–Trinajstić information content (AvgIpc) is 2.72. The maximum atomic E-state index is 12.4. The van der Waals surface area contributed by atoms with Gasteiger partial charge in [0.15, 0.2) is 0 Å². The van der Waals surface area contributed by atoms with Crippen molar-refractivity contribution in [3.8, 4) is 0 Å². The molecule has 0 aliphatic carbocycles. The van der Waals surface area contributed by atoms with E-state index in [1.54, 1.807) is 0 Å². The summed E-state index contributed by atoms with van der Waals surface area (Å²) in [6.07, 6.45) is 4.05. The van der Waals surface area contributed by atoms with Crippen molar-refractivity contribution in [2.45, 2.75) is 65.0 Å². The van der Waals surface area contributed by atoms with Gasteiger partial charge in [0.2, 0.25) is 0 Å². The van der Waals surface area contributed by atoms with Crippen molar-refractivity contribution in [2.75, 3.05) is 18.4 Å². The minimum Gasteiger partial charge on any atom is -0.444 e. The number of carbonyl (C=O) groups is 1. The third-order valence-corrected chi connectivity index (χ3v) is 4.08. The van der Waals surface area contributed by atoms with E-state index in [4.69, 9.17) is 4.74 Å². The molecule has 0 unspecified atom stereocenters. The predicted molar refractivity (Wildman–Crippen MR) is 94.9 cm³/mol. The number of para-hydroxylation sites is 1. The second-order valence-corrected chi connectivity index (χ2v) is 7.27. The van der Waals surface area contributed by atoms with Gasteiger partial charge in [-0.25, -0.2) is 4.79 Å². The van der Waals surface area contributed by atoms with E-state index < -0.39 is 5.60 Å². The van der Waals surface area contributed by atoms with Crippen LogP contribution in [-0.2, 0) is 11.2 Å². The van der Waals surface area contributed by atoms with E-state index in [1.165, 1.54) is 11.3 Å². The number of anilines is 1. The summed E-state index contributed by atoms with van der Waals surface area (Å²) in [6.45, 7) is 9.39. The molecule has 1 heterocycles. The van der Waals surface area contributed by atoms with Gasteiger partial charge in [-0.2, -0.15) is 0 Å². The predicted octanol–water partition coefficient (Wildman–Crippen LogP) is 4.45. The Kier molecular flexibility index (Phi) is 5.91. The van der Waals surface area contributed by atoms with Crippen LogP contribution >= 0.6 is 0 Å². The standard InChI is InChI=1S/C19H30N2O2/c1-5-15-10-6-7-12-17(15)20-16-11-8-9-13-21(14-16)18(22)23-19(2,3)4/h6-7,10,12,16,20H,5,8-9,11,13-14H2,1-4H3/t16-/m1/s1. The second-order valence-electron chi connectivity index (χ2n) is 7.27. The molecule has 4 heteroatoms. The molecule has 1 fully saturated rings. The minimum atomic E-state index is -0.443. The number of carbonyl (C=O) groups excluding carboxylic acids is 1. The zero-order chi connectivity index (χ0) is 16.9. The highest BCUT2D eigenvalue weighted by Gasteiger charge is 2.26. The highest BCUT2D eigenvalue weighted by Crippen LogP contribution is 2.21. The molecule has 4 nitrogen and oxygen atoms in total. The first-order chi connectivity index (χ1) is 10.9. The highest BCUT2D eigenvalue weighted by atomic mass is 16.6. The zero-order valence-corrected chi connectivity index (χ0v) is 14.9. The zero-order valence-electron chi connectivity index (χ0n) is 14.9. The molecule has 0 bridgehead atoms. The summed E-state index contributed by atoms with van der Waals surface area (Å²) in [4.78, 5) is 14.2. The lowest BCUT2D eigenvalue weighted by Gasteiger charge is -2.29. The molecule has 0 radical (unpaired) electrons. The van der Waals surface area contributed by atoms with Gasteiger partial charge in [0.25, 0.3) is 0 Å². The number of ether oxygens (including phenoxy) is 1. The molecule has 1 saturated heterocycles. The minimum absolute atomic E-state index is 0.199. The summed E-state index contributed by atoms with van der Waals surface area (Å²) in [7, 11) is 0. The second kappa shape index (κ2) is 7.71. The van der Waals surface area contributed by atoms with Crippen LogP contribution in [-0.4, -0.2) is 35.7 Å². The van der Waals surface area contributed by atoms with Gasteiger partial charge in [-0.15, -0.1) is 0 Å². The number of hydrogen-bond acceptors (Lipinski definition) is 3. The summed E-state index contributed by atoms with van der Waals surface area (Å²) in [5.74, 6) is 0. The Bertz CT molecular complexity index is 522. The van der Waals surface area contributed by atoms with Gasteiger partial charge in [0.1, 0.15) is 5.60 Å². The fraction of sp³-hybridized carbons (Fsp3) is 0.632. The smallest absolute Gasteiger partial charge is 0.410 e. The number of benzene rings is 1. The van der Waals surface area contributed by atoms with E-state index in [0.29, 0.717) is 6.54 Å². The van der Waals surface area contributed by atoms with Gasteiger partial charge in [-0.1, -0.05) is 25.1 Å². The van der Waals surface area contributed by atoms with Crippen molar-refractivity contribution >= 4 is 11.8 Å². The third kappa shape index (κ3) is 5.45. The molecule has 1 atom stereocenters. The van der Waals surface area contributed by atoms with Gasteiger partial charge < -0.3 is 15.0 Å². The summed E-state index contributed by atoms with van der Waals surface area (Å²) >= 11 is 0. The third-order valence-electron chi connectivity index (χ3n) is 4.08. The molecule has 1 amide bonds. The maximum absolute atomic E-state index is 12.4. The molecule has 2 rings (SSSR count). The Hall–Kier alpha value is -1.71. The molecule has 1 aromatic rings. The molecule has 1 aliphatic rings. The average molecular weight is 318 g/mol. The molecule has 0 saturated carbocycles. The summed E-state index contributed by atoms with van der Waals surface area (Å²) in [5.41, 5.74) is 2.06. The maximum Gasteiger partial charge on any atom is 0.410 e. The fourth-order valence-electron chi connectivity index (χ4n) is 2.94. The lowest BCUT2D eigenvalue weighted by Crippen LogP contribution is -2.42. The number of hydrogen-bond donors (Lipinski definition) is 1.